The van der Waals surface area contributed by atoms with E-state index in [1.807, 2.05) is 32.0 Å². The third kappa shape index (κ3) is 3.54. The molecule has 0 fully saturated rings. The number of halogens is 1. The molecule has 2 aromatic rings. The second-order valence-electron chi connectivity index (χ2n) is 4.13. The lowest BCUT2D eigenvalue weighted by Gasteiger charge is -2.06. The molecule has 2 rings (SSSR count). The van der Waals surface area contributed by atoms with Crippen LogP contribution in [-0.2, 0) is 0 Å². The van der Waals surface area contributed by atoms with E-state index in [1.54, 1.807) is 12.1 Å². The highest BCUT2D eigenvalue weighted by Gasteiger charge is 2.07. The third-order valence-corrected chi connectivity index (χ3v) is 3.45. The van der Waals surface area contributed by atoms with Gasteiger partial charge in [-0.2, -0.15) is 0 Å². The van der Waals surface area contributed by atoms with Crippen LogP contribution in [-0.4, -0.2) is 22.6 Å². The number of nitrogens with zero attached hydrogens (tertiary/aromatic N) is 2. The van der Waals surface area contributed by atoms with Crippen LogP contribution in [0.2, 0.25) is 0 Å². The van der Waals surface area contributed by atoms with Crippen LogP contribution < -0.4 is 10.1 Å². The van der Waals surface area contributed by atoms with Crippen LogP contribution in [0.5, 0.6) is 11.6 Å². The van der Waals surface area contributed by atoms with Crippen molar-refractivity contribution in [3.05, 3.63) is 46.1 Å². The zero-order chi connectivity index (χ0) is 14.5. The number of ether oxygens (including phenoxy) is 1. The molecular formula is C14H14BrN3O2. The number of benzene rings is 1. The highest BCUT2D eigenvalue weighted by Crippen LogP contribution is 2.24. The molecule has 1 aromatic carbocycles. The van der Waals surface area contributed by atoms with Gasteiger partial charge in [0.1, 0.15) is 5.75 Å². The number of nitrogens with one attached hydrogen (secondary N) is 1. The van der Waals surface area contributed by atoms with Crippen molar-refractivity contribution in [2.45, 2.75) is 13.8 Å². The van der Waals surface area contributed by atoms with Crippen LogP contribution in [0.3, 0.4) is 0 Å². The van der Waals surface area contributed by atoms with Gasteiger partial charge in [-0.25, -0.2) is 0 Å². The van der Waals surface area contributed by atoms with E-state index < -0.39 is 0 Å². The number of rotatable bonds is 4. The van der Waals surface area contributed by atoms with Gasteiger partial charge in [0.25, 0.3) is 5.91 Å². The van der Waals surface area contributed by atoms with E-state index in [2.05, 4.69) is 31.4 Å². The average Bonchev–Trinajstić information content (AvgIpc) is 2.44. The summed E-state index contributed by atoms with van der Waals surface area (Å²) in [5.74, 6) is 0.775. The second kappa shape index (κ2) is 6.47. The monoisotopic (exact) mass is 335 g/mol. The van der Waals surface area contributed by atoms with Gasteiger partial charge in [0.05, 0.1) is 0 Å². The zero-order valence-electron chi connectivity index (χ0n) is 11.2. The molecule has 104 valence electrons. The highest BCUT2D eigenvalue weighted by molar-refractivity contribution is 9.10. The predicted molar refractivity (Wildman–Crippen MR) is 79.0 cm³/mol. The van der Waals surface area contributed by atoms with Crippen molar-refractivity contribution in [1.82, 2.24) is 15.5 Å². The van der Waals surface area contributed by atoms with Crippen molar-refractivity contribution in [3.63, 3.8) is 0 Å². The first-order valence-corrected chi connectivity index (χ1v) is 6.95. The Morgan fingerprint density at radius 3 is 2.70 bits per heavy atom. The molecule has 20 heavy (non-hydrogen) atoms. The lowest BCUT2D eigenvalue weighted by atomic mass is 10.2. The van der Waals surface area contributed by atoms with Gasteiger partial charge in [0.15, 0.2) is 5.69 Å². The molecule has 5 nitrogen and oxygen atoms in total. The number of hydrogen-bond acceptors (Lipinski definition) is 4. The van der Waals surface area contributed by atoms with Crippen molar-refractivity contribution in [3.8, 4) is 11.6 Å². The summed E-state index contributed by atoms with van der Waals surface area (Å²) in [6.07, 6.45) is 0. The Hall–Kier alpha value is -1.95. The summed E-state index contributed by atoms with van der Waals surface area (Å²) < 4.78 is 6.60. The van der Waals surface area contributed by atoms with E-state index in [9.17, 15) is 4.79 Å². The van der Waals surface area contributed by atoms with Crippen molar-refractivity contribution in [2.75, 3.05) is 6.54 Å². The van der Waals surface area contributed by atoms with Gasteiger partial charge in [-0.05, 0) is 43.7 Å². The van der Waals surface area contributed by atoms with Gasteiger partial charge < -0.3 is 10.1 Å². The van der Waals surface area contributed by atoms with Crippen LogP contribution >= 0.6 is 15.9 Å². The molecule has 0 saturated heterocycles. The number of aryl methyl sites for hydroxylation is 1. The minimum atomic E-state index is -0.244. The Kier molecular flexibility index (Phi) is 4.68. The number of carbonyl (C=O) groups is 1. The maximum atomic E-state index is 11.5. The Morgan fingerprint density at radius 2 is 2.10 bits per heavy atom. The SMILES string of the molecule is CCNC(=O)c1ccc(Oc2ccc(Br)c(C)c2)nn1. The van der Waals surface area contributed by atoms with Crippen LogP contribution in [0.1, 0.15) is 23.0 Å². The summed E-state index contributed by atoms with van der Waals surface area (Å²) in [7, 11) is 0. The van der Waals surface area contributed by atoms with Crippen LogP contribution in [0.25, 0.3) is 0 Å². The molecule has 0 aliphatic heterocycles. The summed E-state index contributed by atoms with van der Waals surface area (Å²) >= 11 is 3.43. The van der Waals surface area contributed by atoms with Crippen molar-refractivity contribution in [1.29, 1.82) is 0 Å². The number of carbonyl (C=O) groups excluding carboxylic acids is 1. The molecule has 0 saturated carbocycles. The van der Waals surface area contributed by atoms with Gasteiger partial charge >= 0.3 is 0 Å². The van der Waals surface area contributed by atoms with E-state index >= 15 is 0 Å². The Balaban J connectivity index is 2.10. The summed E-state index contributed by atoms with van der Waals surface area (Å²) in [5.41, 5.74) is 1.33. The van der Waals surface area contributed by atoms with E-state index in [4.69, 9.17) is 4.74 Å². The second-order valence-corrected chi connectivity index (χ2v) is 4.98. The fourth-order valence-corrected chi connectivity index (χ4v) is 1.79. The molecule has 0 radical (unpaired) electrons. The Bertz CT molecular complexity index is 614. The topological polar surface area (TPSA) is 64.1 Å². The zero-order valence-corrected chi connectivity index (χ0v) is 12.8. The van der Waals surface area contributed by atoms with E-state index in [-0.39, 0.29) is 11.6 Å². The van der Waals surface area contributed by atoms with Gasteiger partial charge in [-0.15, -0.1) is 10.2 Å². The molecule has 1 heterocycles. The first-order chi connectivity index (χ1) is 9.60. The first-order valence-electron chi connectivity index (χ1n) is 6.16. The molecule has 0 spiro atoms. The minimum absolute atomic E-state index is 0.244. The molecule has 1 aromatic heterocycles. The van der Waals surface area contributed by atoms with Crippen LogP contribution in [0.4, 0.5) is 0 Å². The van der Waals surface area contributed by atoms with Crippen molar-refractivity contribution < 1.29 is 9.53 Å². The molecule has 0 atom stereocenters. The molecule has 0 aliphatic rings. The maximum Gasteiger partial charge on any atom is 0.271 e. The molecule has 6 heteroatoms. The maximum absolute atomic E-state index is 11.5. The molecule has 0 unspecified atom stereocenters. The lowest BCUT2D eigenvalue weighted by molar-refractivity contribution is 0.0949. The van der Waals surface area contributed by atoms with E-state index in [0.29, 0.717) is 18.2 Å². The highest BCUT2D eigenvalue weighted by atomic mass is 79.9. The lowest BCUT2D eigenvalue weighted by Crippen LogP contribution is -2.23. The van der Waals surface area contributed by atoms with Gasteiger partial charge in [0, 0.05) is 17.1 Å². The van der Waals surface area contributed by atoms with Crippen LogP contribution in [0, 0.1) is 6.92 Å². The summed E-state index contributed by atoms with van der Waals surface area (Å²) in [6, 6.07) is 8.83. The van der Waals surface area contributed by atoms with E-state index in [1.165, 1.54) is 0 Å². The average molecular weight is 336 g/mol. The summed E-state index contributed by atoms with van der Waals surface area (Å²) in [5, 5.41) is 10.4. The number of hydrogen-bond donors (Lipinski definition) is 1. The Labute approximate surface area is 125 Å². The van der Waals surface area contributed by atoms with Gasteiger partial charge in [-0.3, -0.25) is 4.79 Å². The standard InChI is InChI=1S/C14H14BrN3O2/c1-3-16-14(19)12-6-7-13(18-17-12)20-10-4-5-11(15)9(2)8-10/h4-8H,3H2,1-2H3,(H,16,19). The molecule has 0 bridgehead atoms. The third-order valence-electron chi connectivity index (χ3n) is 2.56. The molecular weight excluding hydrogens is 322 g/mol. The Morgan fingerprint density at radius 1 is 1.30 bits per heavy atom. The fourth-order valence-electron chi connectivity index (χ4n) is 1.55. The number of amides is 1. The molecule has 0 aliphatic carbocycles. The molecule has 1 N–H and O–H groups in total. The normalized spacial score (nSPS) is 10.2. The quantitative estimate of drug-likeness (QED) is 0.932. The van der Waals surface area contributed by atoms with Crippen molar-refractivity contribution >= 4 is 21.8 Å². The fraction of sp³-hybridized carbons (Fsp3) is 0.214. The van der Waals surface area contributed by atoms with Gasteiger partial charge in [0.2, 0.25) is 5.88 Å². The predicted octanol–water partition coefficient (Wildman–Crippen LogP) is 3.09. The minimum Gasteiger partial charge on any atom is -0.438 e. The largest absolute Gasteiger partial charge is 0.438 e. The first kappa shape index (κ1) is 14.5. The van der Waals surface area contributed by atoms with Crippen LogP contribution in [0.15, 0.2) is 34.8 Å². The summed E-state index contributed by atoms with van der Waals surface area (Å²) in [4.78, 5) is 11.5. The van der Waals surface area contributed by atoms with Crippen molar-refractivity contribution in [2.24, 2.45) is 0 Å². The number of aromatic nitrogens is 2. The smallest absolute Gasteiger partial charge is 0.271 e. The van der Waals surface area contributed by atoms with E-state index in [0.717, 1.165) is 10.0 Å². The molecule has 1 amide bonds. The van der Waals surface area contributed by atoms with Gasteiger partial charge in [-0.1, -0.05) is 15.9 Å². The summed E-state index contributed by atoms with van der Waals surface area (Å²) in [6.45, 7) is 4.37.